The molecule has 0 saturated heterocycles. The summed E-state index contributed by atoms with van der Waals surface area (Å²) in [5, 5.41) is 5.56. The van der Waals surface area contributed by atoms with E-state index in [4.69, 9.17) is 18.9 Å². The number of ether oxygens (including phenoxy) is 4. The van der Waals surface area contributed by atoms with Gasteiger partial charge in [-0.25, -0.2) is 13.6 Å². The van der Waals surface area contributed by atoms with Crippen molar-refractivity contribution in [1.29, 1.82) is 0 Å². The highest BCUT2D eigenvalue weighted by Crippen LogP contribution is 2.48. The Morgan fingerprint density at radius 1 is 0.943 bits per heavy atom. The van der Waals surface area contributed by atoms with E-state index in [0.717, 1.165) is 12.1 Å². The van der Waals surface area contributed by atoms with Gasteiger partial charge in [-0.1, -0.05) is 0 Å². The van der Waals surface area contributed by atoms with Gasteiger partial charge < -0.3 is 29.6 Å². The lowest BCUT2D eigenvalue weighted by molar-refractivity contribution is 0.167. The predicted octanol–water partition coefficient (Wildman–Crippen LogP) is 5.73. The van der Waals surface area contributed by atoms with E-state index in [1.165, 1.54) is 0 Å². The minimum Gasteiger partial charge on any atom is -0.493 e. The van der Waals surface area contributed by atoms with Crippen molar-refractivity contribution in [3.8, 4) is 28.7 Å². The molecule has 2 N–H and O–H groups in total. The summed E-state index contributed by atoms with van der Waals surface area (Å²) in [6, 6.07) is 12.2. The molecule has 0 aliphatic carbocycles. The zero-order valence-electron chi connectivity index (χ0n) is 18.4. The van der Waals surface area contributed by atoms with Gasteiger partial charge in [0.05, 0.1) is 23.7 Å². The number of carbonyl (C=O) groups is 1. The second kappa shape index (κ2) is 9.34. The van der Waals surface area contributed by atoms with Crippen LogP contribution in [0.4, 0.5) is 25.0 Å². The third-order valence-corrected chi connectivity index (χ3v) is 5.18. The number of nitrogens with one attached hydrogen (secondary N) is 2. The summed E-state index contributed by atoms with van der Waals surface area (Å²) in [4.78, 5) is 16.6. The molecule has 35 heavy (non-hydrogen) atoms. The van der Waals surface area contributed by atoms with Crippen molar-refractivity contribution >= 4 is 28.3 Å². The number of benzene rings is 3. The number of nitrogens with zero attached hydrogens (tertiary/aromatic N) is 1. The summed E-state index contributed by atoms with van der Waals surface area (Å²) < 4.78 is 49.9. The van der Waals surface area contributed by atoms with E-state index in [1.54, 1.807) is 49.7 Å². The number of urea groups is 1. The van der Waals surface area contributed by atoms with Crippen LogP contribution in [-0.4, -0.2) is 31.3 Å². The maximum absolute atomic E-state index is 13.7. The lowest BCUT2D eigenvalue weighted by atomic mass is 10.1. The maximum Gasteiger partial charge on any atom is 0.323 e. The van der Waals surface area contributed by atoms with Crippen molar-refractivity contribution in [3.05, 3.63) is 72.4 Å². The Hall–Kier alpha value is -4.60. The van der Waals surface area contributed by atoms with Gasteiger partial charge in [0.15, 0.2) is 11.5 Å². The Morgan fingerprint density at radius 2 is 1.71 bits per heavy atom. The van der Waals surface area contributed by atoms with Gasteiger partial charge in [0.25, 0.3) is 0 Å². The molecule has 10 heteroatoms. The van der Waals surface area contributed by atoms with Gasteiger partial charge in [-0.2, -0.15) is 0 Å². The molecule has 1 aliphatic heterocycles. The summed E-state index contributed by atoms with van der Waals surface area (Å²) >= 11 is 0. The molecule has 5 rings (SSSR count). The van der Waals surface area contributed by atoms with Crippen LogP contribution in [0.2, 0.25) is 0 Å². The van der Waals surface area contributed by atoms with Gasteiger partial charge in [-0.05, 0) is 42.5 Å². The lowest BCUT2D eigenvalue weighted by Crippen LogP contribution is -2.20. The van der Waals surface area contributed by atoms with Crippen molar-refractivity contribution in [2.75, 3.05) is 31.0 Å². The van der Waals surface area contributed by atoms with Crippen LogP contribution in [0.5, 0.6) is 28.7 Å². The third kappa shape index (κ3) is 4.58. The number of hydrogen-bond acceptors (Lipinski definition) is 6. The number of fused-ring (bicyclic) bond motifs is 3. The lowest BCUT2D eigenvalue weighted by Gasteiger charge is -2.23. The van der Waals surface area contributed by atoms with Crippen LogP contribution in [0, 0.1) is 11.6 Å². The first-order valence-electron chi connectivity index (χ1n) is 10.6. The summed E-state index contributed by atoms with van der Waals surface area (Å²) in [6.45, 7) is 0.787. The molecule has 1 aliphatic rings. The molecule has 0 fully saturated rings. The fourth-order valence-electron chi connectivity index (χ4n) is 3.62. The number of aromatic nitrogens is 1. The number of anilines is 2. The third-order valence-electron chi connectivity index (χ3n) is 5.18. The molecular formula is C25H19F2N3O5. The fraction of sp³-hybridized carbons (Fsp3) is 0.120. The summed E-state index contributed by atoms with van der Waals surface area (Å²) in [7, 11) is 1.55. The second-order valence-corrected chi connectivity index (χ2v) is 7.47. The van der Waals surface area contributed by atoms with Gasteiger partial charge in [-0.3, -0.25) is 4.98 Å². The molecule has 1 aromatic heterocycles. The van der Waals surface area contributed by atoms with E-state index >= 15 is 0 Å². The number of rotatable bonds is 5. The molecule has 4 aromatic rings. The Morgan fingerprint density at radius 3 is 2.46 bits per heavy atom. The van der Waals surface area contributed by atoms with Crippen LogP contribution in [-0.2, 0) is 0 Å². The average molecular weight is 479 g/mol. The summed E-state index contributed by atoms with van der Waals surface area (Å²) in [6.07, 6.45) is 1.61. The zero-order valence-corrected chi connectivity index (χ0v) is 18.4. The second-order valence-electron chi connectivity index (χ2n) is 7.47. The zero-order chi connectivity index (χ0) is 24.4. The van der Waals surface area contributed by atoms with Gasteiger partial charge in [0.1, 0.15) is 36.3 Å². The average Bonchev–Trinajstić information content (AvgIpc) is 2.86. The largest absolute Gasteiger partial charge is 0.493 e. The van der Waals surface area contributed by atoms with Crippen LogP contribution in [0.15, 0.2) is 60.8 Å². The van der Waals surface area contributed by atoms with Gasteiger partial charge in [0.2, 0.25) is 5.75 Å². The summed E-state index contributed by atoms with van der Waals surface area (Å²) in [5.74, 6) is 0.904. The molecule has 8 nitrogen and oxygen atoms in total. The van der Waals surface area contributed by atoms with Crippen LogP contribution < -0.4 is 29.6 Å². The van der Waals surface area contributed by atoms with Crippen LogP contribution >= 0.6 is 0 Å². The quantitative estimate of drug-likeness (QED) is 0.380. The number of amides is 2. The molecule has 0 bridgehead atoms. The van der Waals surface area contributed by atoms with Crippen molar-refractivity contribution in [3.63, 3.8) is 0 Å². The molecule has 0 unspecified atom stereocenters. The minimum absolute atomic E-state index is 0.139. The number of halogens is 2. The molecule has 0 spiro atoms. The highest BCUT2D eigenvalue weighted by molar-refractivity contribution is 6.00. The van der Waals surface area contributed by atoms with E-state index in [-0.39, 0.29) is 5.69 Å². The monoisotopic (exact) mass is 479 g/mol. The number of hydrogen-bond donors (Lipinski definition) is 2. The Bertz CT molecular complexity index is 1410. The normalized spacial score (nSPS) is 12.2. The highest BCUT2D eigenvalue weighted by Gasteiger charge is 2.24. The molecular weight excluding hydrogens is 460 g/mol. The smallest absolute Gasteiger partial charge is 0.323 e. The van der Waals surface area contributed by atoms with Gasteiger partial charge in [-0.15, -0.1) is 0 Å². The van der Waals surface area contributed by atoms with Crippen molar-refractivity contribution in [2.45, 2.75) is 0 Å². The molecule has 178 valence electrons. The van der Waals surface area contributed by atoms with Gasteiger partial charge >= 0.3 is 6.03 Å². The molecule has 0 atom stereocenters. The first-order valence-corrected chi connectivity index (χ1v) is 10.6. The van der Waals surface area contributed by atoms with Crippen molar-refractivity contribution < 1.29 is 32.5 Å². The fourth-order valence-corrected chi connectivity index (χ4v) is 3.62. The van der Waals surface area contributed by atoms with E-state index < -0.39 is 17.7 Å². The number of carbonyl (C=O) groups excluding carboxylic acids is 1. The SMILES string of the molecule is COc1cc2nccc(Oc3ccc(NC(=O)Nc4ccc(F)cc4F)cc3)c2c2c1OCCO2. The van der Waals surface area contributed by atoms with Crippen LogP contribution in [0.3, 0.4) is 0 Å². The van der Waals surface area contributed by atoms with Crippen LogP contribution in [0.1, 0.15) is 0 Å². The van der Waals surface area contributed by atoms with E-state index in [0.29, 0.717) is 64.6 Å². The van der Waals surface area contributed by atoms with E-state index in [1.807, 2.05) is 0 Å². The molecule has 0 saturated carbocycles. The maximum atomic E-state index is 13.7. The Balaban J connectivity index is 1.34. The van der Waals surface area contributed by atoms with Crippen LogP contribution in [0.25, 0.3) is 10.9 Å². The molecule has 2 amide bonds. The highest BCUT2D eigenvalue weighted by atomic mass is 19.1. The first-order chi connectivity index (χ1) is 17.0. The Kier molecular flexibility index (Phi) is 5.92. The minimum atomic E-state index is -0.873. The predicted molar refractivity (Wildman–Crippen MR) is 125 cm³/mol. The standard InChI is InChI=1S/C25H19F2N3O5/c1-32-21-13-19-22(24-23(21)33-10-11-34-24)20(8-9-28-19)35-16-5-3-15(4-6-16)29-25(31)30-18-7-2-14(26)12-17(18)27/h2-9,12-13H,10-11H2,1H3,(H2,29,30,31). The van der Waals surface area contributed by atoms with E-state index in [9.17, 15) is 13.6 Å². The first kappa shape index (κ1) is 22.2. The number of pyridine rings is 1. The Labute approximate surface area is 198 Å². The topological polar surface area (TPSA) is 90.9 Å². The van der Waals surface area contributed by atoms with Gasteiger partial charge in [0, 0.05) is 24.0 Å². The molecule has 2 heterocycles. The van der Waals surface area contributed by atoms with E-state index in [2.05, 4.69) is 15.6 Å². The summed E-state index contributed by atoms with van der Waals surface area (Å²) in [5.41, 5.74) is 0.918. The number of methoxy groups -OCH3 is 1. The molecule has 3 aromatic carbocycles. The van der Waals surface area contributed by atoms with Crippen molar-refractivity contribution in [1.82, 2.24) is 4.98 Å². The molecule has 0 radical (unpaired) electrons. The van der Waals surface area contributed by atoms with Crippen molar-refractivity contribution in [2.24, 2.45) is 0 Å².